The van der Waals surface area contributed by atoms with Gasteiger partial charge >= 0.3 is 0 Å². The van der Waals surface area contributed by atoms with Gasteiger partial charge in [0.2, 0.25) is 0 Å². The Labute approximate surface area is 333 Å². The molecule has 8 aromatic rings. The van der Waals surface area contributed by atoms with Crippen LogP contribution in [0.15, 0.2) is 222 Å². The molecule has 0 atom stereocenters. The number of rotatable bonds is 7. The Bertz CT molecular complexity index is 2830. The highest BCUT2D eigenvalue weighted by atomic mass is 31.2. The highest BCUT2D eigenvalue weighted by Crippen LogP contribution is 2.64. The molecule has 8 aromatic carbocycles. The lowest BCUT2D eigenvalue weighted by Crippen LogP contribution is -2.26. The predicted octanol–water partition coefficient (Wildman–Crippen LogP) is 11.3. The third-order valence-electron chi connectivity index (χ3n) is 11.5. The van der Waals surface area contributed by atoms with Crippen LogP contribution >= 0.6 is 7.14 Å². The zero-order valence-electron chi connectivity index (χ0n) is 31.2. The molecular formula is C53H37N2OP. The molecule has 1 spiro atoms. The fourth-order valence-electron chi connectivity index (χ4n) is 9.03. The lowest BCUT2D eigenvalue weighted by Gasteiger charge is -2.32. The zero-order chi connectivity index (χ0) is 38.4. The molecule has 57 heavy (non-hydrogen) atoms. The smallest absolute Gasteiger partial charge is 0.171 e. The molecule has 0 saturated heterocycles. The van der Waals surface area contributed by atoms with Gasteiger partial charge in [0.15, 0.2) is 13.0 Å². The highest BCUT2D eigenvalue weighted by molar-refractivity contribution is 7.85. The van der Waals surface area contributed by atoms with Crippen LogP contribution in [-0.2, 0) is 9.98 Å². The average molecular weight is 749 g/mol. The molecule has 4 heteroatoms. The van der Waals surface area contributed by atoms with Gasteiger partial charge in [-0.25, -0.2) is 9.98 Å². The second-order valence-electron chi connectivity index (χ2n) is 14.5. The Morgan fingerprint density at radius 3 is 1.33 bits per heavy atom. The van der Waals surface area contributed by atoms with E-state index in [2.05, 4.69) is 151 Å². The zero-order valence-corrected chi connectivity index (χ0v) is 32.1. The molecule has 2 aliphatic carbocycles. The fraction of sp³-hybridized carbons (Fsp3) is 0.0189. The minimum absolute atomic E-state index is 0.554. The van der Waals surface area contributed by atoms with E-state index in [1.807, 2.05) is 72.8 Å². The molecule has 0 saturated carbocycles. The van der Waals surface area contributed by atoms with Crippen molar-refractivity contribution in [2.75, 3.05) is 0 Å². The molecule has 0 bridgehead atoms. The first-order valence-electron chi connectivity index (χ1n) is 19.2. The first-order chi connectivity index (χ1) is 28.1. The van der Waals surface area contributed by atoms with Crippen LogP contribution < -0.4 is 15.9 Å². The summed E-state index contributed by atoms with van der Waals surface area (Å²) in [6, 6.07) is 73.0. The van der Waals surface area contributed by atoms with Crippen molar-refractivity contribution in [3.05, 3.63) is 246 Å². The average Bonchev–Trinajstić information content (AvgIpc) is 3.75. The van der Waals surface area contributed by atoms with Gasteiger partial charge in [0.1, 0.15) is 0 Å². The number of hydrogen-bond donors (Lipinski definition) is 0. The van der Waals surface area contributed by atoms with Gasteiger partial charge in [-0.15, -0.1) is 0 Å². The Morgan fingerprint density at radius 2 is 0.825 bits per heavy atom. The van der Waals surface area contributed by atoms with Crippen molar-refractivity contribution >= 4 is 46.9 Å². The van der Waals surface area contributed by atoms with Gasteiger partial charge < -0.3 is 4.57 Å². The van der Waals surface area contributed by atoms with Crippen molar-refractivity contribution in [2.45, 2.75) is 5.41 Å². The number of allylic oxidation sites excluding steroid dienone is 1. The summed E-state index contributed by atoms with van der Waals surface area (Å²) in [6.45, 7) is 4.03. The second-order valence-corrected chi connectivity index (χ2v) is 17.2. The number of aliphatic imine (C=N–C) groups is 2. The third-order valence-corrected chi connectivity index (χ3v) is 14.6. The maximum absolute atomic E-state index is 14.9. The molecule has 270 valence electrons. The first-order valence-corrected chi connectivity index (χ1v) is 20.9. The van der Waals surface area contributed by atoms with Crippen LogP contribution in [-0.4, -0.2) is 12.6 Å². The molecule has 0 amide bonds. The quantitative estimate of drug-likeness (QED) is 0.0909. The standard InChI is InChI=1S/C53H37N2OP/c1-54-52(40-31-29-37(30-32-40)38-33-35-43(36-34-38)57(56,41-19-7-3-8-20-41)42-21-9-4-10-22-42)55-51-46-25-13-16-28-49(46)53(50(51)39-17-5-2-6-18-39)47-26-14-11-23-44(47)45-24-12-15-27-48(45)53/h2-36H,1H2. The predicted molar refractivity (Wildman–Crippen MR) is 239 cm³/mol. The highest BCUT2D eigenvalue weighted by Gasteiger charge is 2.53. The van der Waals surface area contributed by atoms with E-state index in [9.17, 15) is 4.57 Å². The number of amidine groups is 1. The number of hydrogen-bond acceptors (Lipinski definition) is 2. The molecule has 10 rings (SSSR count). The molecule has 2 aliphatic rings. The number of nitrogens with zero attached hydrogens (tertiary/aromatic N) is 2. The lowest BCUT2D eigenvalue weighted by molar-refractivity contribution is 0.592. The Balaban J connectivity index is 1.08. The van der Waals surface area contributed by atoms with Gasteiger partial charge in [0, 0.05) is 32.6 Å². The third kappa shape index (κ3) is 5.39. The summed E-state index contributed by atoms with van der Waals surface area (Å²) in [5, 5.41) is 2.44. The lowest BCUT2D eigenvalue weighted by atomic mass is 9.68. The molecule has 0 radical (unpaired) electrons. The Kier molecular flexibility index (Phi) is 8.47. The first kappa shape index (κ1) is 34.6. The van der Waals surface area contributed by atoms with Gasteiger partial charge in [-0.2, -0.15) is 0 Å². The van der Waals surface area contributed by atoms with Crippen LogP contribution in [0, 0.1) is 0 Å². The van der Waals surface area contributed by atoms with Gasteiger partial charge in [-0.1, -0.05) is 212 Å². The van der Waals surface area contributed by atoms with Crippen molar-refractivity contribution in [3.8, 4) is 22.3 Å². The fourth-order valence-corrected chi connectivity index (χ4v) is 11.7. The monoisotopic (exact) mass is 748 g/mol. The van der Waals surface area contributed by atoms with Crippen molar-refractivity contribution < 1.29 is 4.57 Å². The van der Waals surface area contributed by atoms with Crippen LogP contribution in [0.2, 0.25) is 0 Å². The molecule has 0 heterocycles. The van der Waals surface area contributed by atoms with Crippen LogP contribution in [0.5, 0.6) is 0 Å². The van der Waals surface area contributed by atoms with Gasteiger partial charge in [0.05, 0.1) is 11.1 Å². The van der Waals surface area contributed by atoms with Crippen LogP contribution in [0.3, 0.4) is 0 Å². The normalized spacial score (nSPS) is 13.9. The molecule has 0 aliphatic heterocycles. The minimum atomic E-state index is -3.06. The maximum Gasteiger partial charge on any atom is 0.171 e. The Hall–Kier alpha value is -6.93. The van der Waals surface area contributed by atoms with Gasteiger partial charge in [-0.05, 0) is 51.2 Å². The summed E-state index contributed by atoms with van der Waals surface area (Å²) >= 11 is 0. The molecule has 0 fully saturated rings. The molecule has 0 unspecified atom stereocenters. The Morgan fingerprint density at radius 1 is 0.421 bits per heavy atom. The van der Waals surface area contributed by atoms with Crippen molar-refractivity contribution in [1.82, 2.24) is 0 Å². The molecule has 0 aromatic heterocycles. The van der Waals surface area contributed by atoms with Crippen molar-refractivity contribution in [3.63, 3.8) is 0 Å². The summed E-state index contributed by atoms with van der Waals surface area (Å²) in [5.41, 5.74) is 12.8. The van der Waals surface area contributed by atoms with E-state index < -0.39 is 12.6 Å². The summed E-state index contributed by atoms with van der Waals surface area (Å²) < 4.78 is 14.9. The summed E-state index contributed by atoms with van der Waals surface area (Å²) in [5.74, 6) is 0.554. The SMILES string of the molecule is C=NC(=NC1=C(c2ccccc2)C2(c3ccccc31)c1ccccc1-c1ccccc12)c1ccc(-c2ccc(P(=O)(c3ccccc3)c3ccccc3)cc2)cc1. The maximum atomic E-state index is 14.9. The van der Waals surface area contributed by atoms with Crippen LogP contribution in [0.25, 0.3) is 33.5 Å². The molecule has 0 N–H and O–H groups in total. The molecule has 3 nitrogen and oxygen atoms in total. The summed E-state index contributed by atoms with van der Waals surface area (Å²) in [7, 11) is -3.06. The topological polar surface area (TPSA) is 41.8 Å². The number of benzene rings is 8. The van der Waals surface area contributed by atoms with E-state index >= 15 is 0 Å². The van der Waals surface area contributed by atoms with Crippen LogP contribution in [0.1, 0.15) is 33.4 Å². The van der Waals surface area contributed by atoms with E-state index in [0.29, 0.717) is 5.84 Å². The van der Waals surface area contributed by atoms with Crippen LogP contribution in [0.4, 0.5) is 0 Å². The van der Waals surface area contributed by atoms with E-state index in [4.69, 9.17) is 4.99 Å². The summed E-state index contributed by atoms with van der Waals surface area (Å²) in [6.07, 6.45) is 0. The van der Waals surface area contributed by atoms with Crippen molar-refractivity contribution in [1.29, 1.82) is 0 Å². The van der Waals surface area contributed by atoms with E-state index in [0.717, 1.165) is 55.0 Å². The number of fused-ring (bicyclic) bond motifs is 7. The minimum Gasteiger partial charge on any atom is -0.309 e. The van der Waals surface area contributed by atoms with E-state index in [-0.39, 0.29) is 0 Å². The van der Waals surface area contributed by atoms with E-state index in [1.165, 1.54) is 27.8 Å². The van der Waals surface area contributed by atoms with E-state index in [1.54, 1.807) is 0 Å². The second kappa shape index (κ2) is 14.0. The largest absolute Gasteiger partial charge is 0.309 e. The molecular weight excluding hydrogens is 712 g/mol. The van der Waals surface area contributed by atoms with Gasteiger partial charge in [0.25, 0.3) is 0 Å². The summed E-state index contributed by atoms with van der Waals surface area (Å²) in [4.78, 5) is 10.0. The van der Waals surface area contributed by atoms with Gasteiger partial charge in [-0.3, -0.25) is 0 Å². The van der Waals surface area contributed by atoms with Crippen molar-refractivity contribution in [2.24, 2.45) is 9.98 Å².